The van der Waals surface area contributed by atoms with Gasteiger partial charge in [0.1, 0.15) is 17.5 Å². The van der Waals surface area contributed by atoms with Crippen molar-refractivity contribution in [2.75, 3.05) is 65.4 Å². The number of unbranched alkanes of at least 4 members (excludes halogenated alkanes) is 1. The number of carbonyl (C=O) groups excluding carboxylic acids is 4. The van der Waals surface area contributed by atoms with Crippen LogP contribution in [-0.2, 0) is 23.2 Å². The third-order valence-electron chi connectivity index (χ3n) is 12.0. The van der Waals surface area contributed by atoms with E-state index in [0.717, 1.165) is 103 Å². The molecule has 4 aliphatic rings. The van der Waals surface area contributed by atoms with Crippen molar-refractivity contribution in [1.29, 1.82) is 0 Å². The van der Waals surface area contributed by atoms with Crippen LogP contribution in [0.15, 0.2) is 59.8 Å². The van der Waals surface area contributed by atoms with E-state index in [-0.39, 0.29) is 29.7 Å². The van der Waals surface area contributed by atoms with Gasteiger partial charge in [-0.1, -0.05) is 0 Å². The van der Waals surface area contributed by atoms with E-state index >= 15 is 0 Å². The molecule has 3 fully saturated rings. The van der Waals surface area contributed by atoms with Crippen molar-refractivity contribution >= 4 is 40.1 Å². The van der Waals surface area contributed by atoms with Crippen LogP contribution in [0.1, 0.15) is 58.4 Å². The maximum absolute atomic E-state index is 13.3. The molecule has 4 amide bonds. The number of aryl methyl sites for hydroxylation is 1. The van der Waals surface area contributed by atoms with Gasteiger partial charge in [-0.25, -0.2) is 0 Å². The van der Waals surface area contributed by atoms with Gasteiger partial charge in [-0.3, -0.25) is 39.2 Å². The third-order valence-corrected chi connectivity index (χ3v) is 12.0. The summed E-state index contributed by atoms with van der Waals surface area (Å²) in [5.41, 5.74) is 4.41. The van der Waals surface area contributed by atoms with Crippen molar-refractivity contribution in [1.82, 2.24) is 29.6 Å². The summed E-state index contributed by atoms with van der Waals surface area (Å²) < 4.78 is 13.4. The highest BCUT2D eigenvalue weighted by molar-refractivity contribution is 6.23. The molecule has 4 aliphatic heterocycles. The van der Waals surface area contributed by atoms with E-state index in [1.165, 1.54) is 0 Å². The van der Waals surface area contributed by atoms with E-state index in [4.69, 9.17) is 9.47 Å². The number of anilines is 1. The van der Waals surface area contributed by atoms with Crippen LogP contribution >= 0.6 is 0 Å². The number of benzene rings is 2. The lowest BCUT2D eigenvalue weighted by molar-refractivity contribution is -0.136. The molecule has 14 heteroatoms. The monoisotopic (exact) mass is 761 g/mol. The lowest BCUT2D eigenvalue weighted by atomic mass is 9.78. The second kappa shape index (κ2) is 14.8. The van der Waals surface area contributed by atoms with Crippen molar-refractivity contribution in [2.45, 2.75) is 44.7 Å². The van der Waals surface area contributed by atoms with Gasteiger partial charge in [-0.2, -0.15) is 0 Å². The van der Waals surface area contributed by atoms with Gasteiger partial charge >= 0.3 is 0 Å². The van der Waals surface area contributed by atoms with Crippen LogP contribution in [-0.4, -0.2) is 114 Å². The van der Waals surface area contributed by atoms with E-state index in [9.17, 15) is 24.0 Å². The molecule has 6 heterocycles. The first kappa shape index (κ1) is 37.3. The number of pyridine rings is 2. The largest absolute Gasteiger partial charge is 0.496 e. The summed E-state index contributed by atoms with van der Waals surface area (Å²) in [4.78, 5) is 75.6. The third kappa shape index (κ3) is 6.70. The number of aromatic nitrogens is 2. The molecule has 0 bridgehead atoms. The summed E-state index contributed by atoms with van der Waals surface area (Å²) in [6.45, 7) is 6.48. The number of hydrogen-bond acceptors (Lipinski definition) is 11. The minimum atomic E-state index is -0.967. The number of carbonyl (C=O) groups is 4. The Bertz CT molecular complexity index is 2290. The molecular weight excluding hydrogens is 715 g/mol. The summed E-state index contributed by atoms with van der Waals surface area (Å²) in [7, 11) is 7.20. The summed E-state index contributed by atoms with van der Waals surface area (Å²) in [6, 6.07) is 10.3. The molecule has 8 rings (SSSR count). The molecule has 292 valence electrons. The minimum Gasteiger partial charge on any atom is -0.496 e. The molecule has 1 unspecified atom stereocenters. The smallest absolute Gasteiger partial charge is 0.262 e. The van der Waals surface area contributed by atoms with E-state index in [1.807, 2.05) is 30.5 Å². The minimum absolute atomic E-state index is 0.0947. The van der Waals surface area contributed by atoms with Crippen LogP contribution in [0.5, 0.6) is 11.5 Å². The number of fused-ring (bicyclic) bond motifs is 2. The van der Waals surface area contributed by atoms with Gasteiger partial charge in [0.25, 0.3) is 17.4 Å². The maximum Gasteiger partial charge on any atom is 0.262 e. The highest BCUT2D eigenvalue weighted by Crippen LogP contribution is 2.43. The van der Waals surface area contributed by atoms with Crippen molar-refractivity contribution in [3.63, 3.8) is 0 Å². The molecule has 1 N–H and O–H groups in total. The predicted octanol–water partition coefficient (Wildman–Crippen LogP) is 3.44. The summed E-state index contributed by atoms with van der Waals surface area (Å²) in [6.07, 6.45) is 8.63. The maximum atomic E-state index is 13.3. The highest BCUT2D eigenvalue weighted by atomic mass is 16.5. The first-order valence-corrected chi connectivity index (χ1v) is 19.2. The number of amides is 4. The zero-order valence-corrected chi connectivity index (χ0v) is 32.3. The molecule has 1 spiro atoms. The number of nitrogens with one attached hydrogen (secondary N) is 1. The molecule has 3 saturated heterocycles. The first-order valence-electron chi connectivity index (χ1n) is 19.2. The van der Waals surface area contributed by atoms with E-state index in [1.54, 1.807) is 50.4 Å². The van der Waals surface area contributed by atoms with Gasteiger partial charge in [0, 0.05) is 74.9 Å². The summed E-state index contributed by atoms with van der Waals surface area (Å²) in [5.74, 6) is -0.490. The average molecular weight is 762 g/mol. The van der Waals surface area contributed by atoms with Crippen LogP contribution in [0.25, 0.3) is 21.9 Å². The molecule has 56 heavy (non-hydrogen) atoms. The number of rotatable bonds is 12. The SMILES string of the molecule is COc1cc(-c2cn(C)c(=O)c3cnccc23)cc(OC)c1CN(C)CCCCN1CCC2(C1)CN(c1ccc3c(c1)C(=O)N(C1CCC(=O)NC1=O)C3=O)C2. The number of piperidine rings is 1. The zero-order valence-electron chi connectivity index (χ0n) is 32.3. The predicted molar refractivity (Wildman–Crippen MR) is 210 cm³/mol. The Balaban J connectivity index is 0.829. The average Bonchev–Trinajstić information content (AvgIpc) is 3.72. The summed E-state index contributed by atoms with van der Waals surface area (Å²) >= 11 is 0. The molecule has 1 atom stereocenters. The Morgan fingerprint density at radius 2 is 1.66 bits per heavy atom. The molecule has 0 aliphatic carbocycles. The lowest BCUT2D eigenvalue weighted by Gasteiger charge is -2.49. The van der Waals surface area contributed by atoms with Crippen molar-refractivity contribution in [2.24, 2.45) is 12.5 Å². The summed E-state index contributed by atoms with van der Waals surface area (Å²) in [5, 5.41) is 3.63. The number of likely N-dealkylation sites (tertiary alicyclic amines) is 1. The normalized spacial score (nSPS) is 19.3. The van der Waals surface area contributed by atoms with Gasteiger partial charge in [-0.05, 0) is 99.7 Å². The number of hydrogen-bond donors (Lipinski definition) is 1. The Morgan fingerprint density at radius 3 is 2.39 bits per heavy atom. The van der Waals surface area contributed by atoms with Crippen molar-refractivity contribution in [3.05, 3.63) is 82.0 Å². The quantitative estimate of drug-likeness (QED) is 0.167. The molecule has 0 radical (unpaired) electrons. The lowest BCUT2D eigenvalue weighted by Crippen LogP contribution is -2.57. The van der Waals surface area contributed by atoms with Crippen LogP contribution in [0.3, 0.4) is 0 Å². The second-order valence-corrected chi connectivity index (χ2v) is 15.7. The molecule has 14 nitrogen and oxygen atoms in total. The van der Waals surface area contributed by atoms with E-state index < -0.39 is 23.8 Å². The van der Waals surface area contributed by atoms with Gasteiger partial charge in [0.2, 0.25) is 11.8 Å². The fourth-order valence-electron chi connectivity index (χ4n) is 8.98. The number of nitrogens with zero attached hydrogens (tertiary/aromatic N) is 6. The van der Waals surface area contributed by atoms with Crippen molar-refractivity contribution < 1.29 is 28.7 Å². The van der Waals surface area contributed by atoms with E-state index in [2.05, 4.69) is 32.0 Å². The zero-order chi connectivity index (χ0) is 39.3. The van der Waals surface area contributed by atoms with Gasteiger partial charge in [0.15, 0.2) is 0 Å². The molecule has 2 aromatic heterocycles. The van der Waals surface area contributed by atoms with Gasteiger partial charge < -0.3 is 28.7 Å². The number of imide groups is 2. The Kier molecular flexibility index (Phi) is 9.87. The molecular formula is C42H47N7O7. The Hall–Kier alpha value is -5.60. The standard InChI is InChI=1S/C42H47N7O7/c1-45(21-33-35(55-3)17-26(18-36(33)56-4)32-22-46(2)39(52)31-20-43-13-11-28(31)32)14-5-6-15-47-16-12-42(23-47)24-48(25-42)27-7-8-29-30(19-27)41(54)49(40(29)53)34-9-10-37(50)44-38(34)51/h7-8,11,13,17-20,22,34H,5-6,9-10,12,14-16,21,23-25H2,1-4H3,(H,44,50,51). The Morgan fingerprint density at radius 1 is 0.911 bits per heavy atom. The molecule has 2 aromatic carbocycles. The number of ether oxygens (including phenoxy) is 2. The van der Waals surface area contributed by atoms with E-state index in [0.29, 0.717) is 23.1 Å². The first-order chi connectivity index (χ1) is 27.0. The van der Waals surface area contributed by atoms with Crippen LogP contribution < -0.4 is 25.2 Å². The van der Waals surface area contributed by atoms with Crippen LogP contribution in [0, 0.1) is 5.41 Å². The molecule has 0 saturated carbocycles. The highest BCUT2D eigenvalue weighted by Gasteiger charge is 2.49. The topological polar surface area (TPSA) is 147 Å². The van der Waals surface area contributed by atoms with Crippen LogP contribution in [0.4, 0.5) is 5.69 Å². The second-order valence-electron chi connectivity index (χ2n) is 15.7. The van der Waals surface area contributed by atoms with Gasteiger partial charge in [0.05, 0.1) is 36.3 Å². The Labute approximate surface area is 325 Å². The van der Waals surface area contributed by atoms with Crippen molar-refractivity contribution in [3.8, 4) is 22.6 Å². The van der Waals surface area contributed by atoms with Crippen LogP contribution in [0.2, 0.25) is 0 Å². The van der Waals surface area contributed by atoms with Gasteiger partial charge in [-0.15, -0.1) is 0 Å². The fourth-order valence-corrected chi connectivity index (χ4v) is 8.98. The number of methoxy groups -OCH3 is 2. The fraction of sp³-hybridized carbons (Fsp3) is 0.429. The molecule has 4 aromatic rings.